The van der Waals surface area contributed by atoms with E-state index < -0.39 is 0 Å². The van der Waals surface area contributed by atoms with Gasteiger partial charge in [-0.25, -0.2) is 0 Å². The van der Waals surface area contributed by atoms with Crippen LogP contribution in [0.1, 0.15) is 33.6 Å². The Morgan fingerprint density at radius 2 is 1.92 bits per heavy atom. The first-order valence-electron chi connectivity index (χ1n) is 4.31. The molecule has 1 atom stereocenters. The van der Waals surface area contributed by atoms with Crippen molar-refractivity contribution < 1.29 is 9.59 Å². The Labute approximate surface area is 73.5 Å². The molecule has 3 nitrogen and oxygen atoms in total. The molecule has 0 aromatic heterocycles. The molecule has 0 radical (unpaired) electrons. The van der Waals surface area contributed by atoms with Crippen LogP contribution in [-0.2, 0) is 9.59 Å². The summed E-state index contributed by atoms with van der Waals surface area (Å²) in [7, 11) is 0. The number of hydrogen-bond acceptors (Lipinski definition) is 3. The van der Waals surface area contributed by atoms with Crippen molar-refractivity contribution >= 4 is 11.6 Å². The monoisotopic (exact) mass is 171 g/mol. The van der Waals surface area contributed by atoms with Gasteiger partial charge in [0, 0.05) is 6.42 Å². The normalized spacial score (nSPS) is 12.6. The molecule has 0 spiro atoms. The Morgan fingerprint density at radius 1 is 1.33 bits per heavy atom. The molecule has 0 bridgehead atoms. The van der Waals surface area contributed by atoms with Crippen molar-refractivity contribution in [3.05, 3.63) is 0 Å². The predicted molar refractivity (Wildman–Crippen MR) is 48.1 cm³/mol. The lowest BCUT2D eigenvalue weighted by molar-refractivity contribution is -0.119. The average Bonchev–Trinajstić information content (AvgIpc) is 1.96. The maximum absolute atomic E-state index is 11.0. The Bertz CT molecular complexity index is 166. The quantitative estimate of drug-likeness (QED) is 0.646. The van der Waals surface area contributed by atoms with Crippen LogP contribution in [0.5, 0.6) is 0 Å². The molecule has 0 aromatic rings. The van der Waals surface area contributed by atoms with Gasteiger partial charge in [-0.15, -0.1) is 0 Å². The van der Waals surface area contributed by atoms with Gasteiger partial charge >= 0.3 is 0 Å². The summed E-state index contributed by atoms with van der Waals surface area (Å²) in [5.41, 5.74) is 0. The van der Waals surface area contributed by atoms with Gasteiger partial charge in [-0.05, 0) is 26.8 Å². The number of carbonyl (C=O) groups is 2. The Hall–Kier alpha value is -0.700. The van der Waals surface area contributed by atoms with Gasteiger partial charge in [-0.3, -0.25) is 4.79 Å². The number of likely N-dealkylation sites (N-methyl/N-ethyl adjacent to an activating group) is 1. The van der Waals surface area contributed by atoms with E-state index in [-0.39, 0.29) is 17.6 Å². The minimum Gasteiger partial charge on any atom is -0.308 e. The van der Waals surface area contributed by atoms with E-state index in [1.54, 1.807) is 13.8 Å². The lowest BCUT2D eigenvalue weighted by Crippen LogP contribution is -2.35. The molecule has 0 fully saturated rings. The van der Waals surface area contributed by atoms with Crippen molar-refractivity contribution in [2.24, 2.45) is 0 Å². The van der Waals surface area contributed by atoms with E-state index in [1.807, 2.05) is 6.92 Å². The van der Waals surface area contributed by atoms with Crippen LogP contribution in [0.15, 0.2) is 0 Å². The molecular weight excluding hydrogens is 154 g/mol. The summed E-state index contributed by atoms with van der Waals surface area (Å²) in [6, 6.07) is -0.140. The van der Waals surface area contributed by atoms with Gasteiger partial charge in [0.05, 0.1) is 6.04 Å². The average molecular weight is 171 g/mol. The summed E-state index contributed by atoms with van der Waals surface area (Å²) in [5.74, 6) is 0.247. The lowest BCUT2D eigenvalue weighted by Gasteiger charge is -2.12. The molecule has 1 N–H and O–H groups in total. The Morgan fingerprint density at radius 3 is 2.25 bits per heavy atom. The van der Waals surface area contributed by atoms with Gasteiger partial charge in [0.2, 0.25) is 0 Å². The molecule has 0 aromatic carbocycles. The van der Waals surface area contributed by atoms with Gasteiger partial charge in [0.15, 0.2) is 0 Å². The molecule has 0 saturated heterocycles. The van der Waals surface area contributed by atoms with E-state index in [2.05, 4.69) is 5.32 Å². The van der Waals surface area contributed by atoms with E-state index in [1.165, 1.54) is 0 Å². The van der Waals surface area contributed by atoms with Crippen molar-refractivity contribution in [1.29, 1.82) is 0 Å². The van der Waals surface area contributed by atoms with Gasteiger partial charge in [0.25, 0.3) is 0 Å². The highest BCUT2D eigenvalue weighted by Gasteiger charge is 2.12. The van der Waals surface area contributed by atoms with Crippen molar-refractivity contribution in [3.8, 4) is 0 Å². The van der Waals surface area contributed by atoms with Crippen molar-refractivity contribution in [3.63, 3.8) is 0 Å². The van der Waals surface area contributed by atoms with Gasteiger partial charge in [-0.2, -0.15) is 0 Å². The molecule has 0 aliphatic carbocycles. The summed E-state index contributed by atoms with van der Waals surface area (Å²) >= 11 is 0. The second-order valence-electron chi connectivity index (χ2n) is 2.96. The summed E-state index contributed by atoms with van der Waals surface area (Å²) in [4.78, 5) is 21.6. The number of nitrogens with one attached hydrogen (secondary N) is 1. The first kappa shape index (κ1) is 11.3. The van der Waals surface area contributed by atoms with Crippen LogP contribution in [0.2, 0.25) is 0 Å². The Balaban J connectivity index is 3.79. The summed E-state index contributed by atoms with van der Waals surface area (Å²) in [6.07, 6.45) is 1.11. The van der Waals surface area contributed by atoms with Crippen LogP contribution in [0.3, 0.4) is 0 Å². The second-order valence-corrected chi connectivity index (χ2v) is 2.96. The molecule has 0 aliphatic heterocycles. The fourth-order valence-corrected chi connectivity index (χ4v) is 1.04. The fraction of sp³-hybridized carbons (Fsp3) is 0.778. The van der Waals surface area contributed by atoms with Crippen LogP contribution in [-0.4, -0.2) is 24.2 Å². The molecule has 0 aliphatic rings. The van der Waals surface area contributed by atoms with Crippen molar-refractivity contribution in [2.75, 3.05) is 6.54 Å². The number of hydrogen-bond donors (Lipinski definition) is 1. The predicted octanol–water partition coefficient (Wildman–Crippen LogP) is 0.923. The summed E-state index contributed by atoms with van der Waals surface area (Å²) in [6.45, 7) is 5.81. The van der Waals surface area contributed by atoms with E-state index in [0.29, 0.717) is 12.8 Å². The molecule has 3 heteroatoms. The van der Waals surface area contributed by atoms with Crippen LogP contribution in [0, 0.1) is 0 Å². The largest absolute Gasteiger partial charge is 0.308 e. The highest BCUT2D eigenvalue weighted by atomic mass is 16.1. The summed E-state index contributed by atoms with van der Waals surface area (Å²) in [5, 5.41) is 3.04. The lowest BCUT2D eigenvalue weighted by atomic mass is 10.1. The van der Waals surface area contributed by atoms with E-state index >= 15 is 0 Å². The molecule has 0 heterocycles. The SMILES string of the molecule is CCNC(CCC(C)=O)C(C)=O. The molecule has 1 unspecified atom stereocenters. The van der Waals surface area contributed by atoms with E-state index in [9.17, 15) is 9.59 Å². The zero-order valence-electron chi connectivity index (χ0n) is 8.02. The van der Waals surface area contributed by atoms with Crippen LogP contribution in [0.4, 0.5) is 0 Å². The molecule has 0 rings (SSSR count). The topological polar surface area (TPSA) is 46.2 Å². The first-order chi connectivity index (χ1) is 5.57. The molecule has 70 valence electrons. The summed E-state index contributed by atoms with van der Waals surface area (Å²) < 4.78 is 0. The number of ketones is 2. The standard InChI is InChI=1S/C9H17NO2/c1-4-10-9(8(3)12)6-5-7(2)11/h9-10H,4-6H2,1-3H3. The highest BCUT2D eigenvalue weighted by Crippen LogP contribution is 1.99. The number of Topliss-reactive ketones (excluding diaryl/α,β-unsaturated/α-hetero) is 2. The maximum Gasteiger partial charge on any atom is 0.146 e. The first-order valence-corrected chi connectivity index (χ1v) is 4.31. The smallest absolute Gasteiger partial charge is 0.146 e. The minimum absolute atomic E-state index is 0.109. The van der Waals surface area contributed by atoms with Gasteiger partial charge < -0.3 is 10.1 Å². The molecule has 0 amide bonds. The minimum atomic E-state index is -0.140. The van der Waals surface area contributed by atoms with Crippen LogP contribution in [0.25, 0.3) is 0 Å². The zero-order valence-corrected chi connectivity index (χ0v) is 8.02. The maximum atomic E-state index is 11.0. The molecule has 12 heavy (non-hydrogen) atoms. The van der Waals surface area contributed by atoms with Crippen LogP contribution < -0.4 is 5.32 Å². The zero-order chi connectivity index (χ0) is 9.56. The fourth-order valence-electron chi connectivity index (χ4n) is 1.04. The third-order valence-electron chi connectivity index (χ3n) is 1.73. The number of carbonyl (C=O) groups excluding carboxylic acids is 2. The van der Waals surface area contributed by atoms with Gasteiger partial charge in [0.1, 0.15) is 11.6 Å². The third kappa shape index (κ3) is 5.02. The van der Waals surface area contributed by atoms with E-state index in [4.69, 9.17) is 0 Å². The second kappa shape index (κ2) is 5.89. The third-order valence-corrected chi connectivity index (χ3v) is 1.73. The number of rotatable bonds is 6. The van der Waals surface area contributed by atoms with Crippen LogP contribution >= 0.6 is 0 Å². The van der Waals surface area contributed by atoms with Crippen molar-refractivity contribution in [1.82, 2.24) is 5.32 Å². The van der Waals surface area contributed by atoms with Gasteiger partial charge in [-0.1, -0.05) is 6.92 Å². The van der Waals surface area contributed by atoms with E-state index in [0.717, 1.165) is 6.54 Å². The van der Waals surface area contributed by atoms with Crippen molar-refractivity contribution in [2.45, 2.75) is 39.7 Å². The molecule has 0 saturated carbocycles. The Kier molecular flexibility index (Phi) is 5.54. The highest BCUT2D eigenvalue weighted by molar-refractivity contribution is 5.82. The molecular formula is C9H17NO2.